The van der Waals surface area contributed by atoms with Gasteiger partial charge in [0.2, 0.25) is 0 Å². The average molecular weight is 190 g/mol. The number of nitriles is 1. The smallest absolute Gasteiger partial charge is 0.142 e. The molecule has 1 heterocycles. The van der Waals surface area contributed by atoms with Crippen molar-refractivity contribution in [1.82, 2.24) is 4.98 Å². The van der Waals surface area contributed by atoms with Gasteiger partial charge in [0.05, 0.1) is 0 Å². The summed E-state index contributed by atoms with van der Waals surface area (Å²) < 4.78 is 0. The van der Waals surface area contributed by atoms with Gasteiger partial charge in [-0.05, 0) is 25.5 Å². The van der Waals surface area contributed by atoms with E-state index in [0.29, 0.717) is 5.69 Å². The first-order valence-electron chi connectivity index (χ1n) is 4.58. The SMILES string of the molecule is CC(N)CCNc1ccnc(C#N)c1. The molecule has 0 saturated carbocycles. The quantitative estimate of drug-likeness (QED) is 0.745. The minimum atomic E-state index is 0.194. The molecular weight excluding hydrogens is 176 g/mol. The van der Waals surface area contributed by atoms with Crippen LogP contribution in [-0.4, -0.2) is 17.6 Å². The molecule has 1 aromatic rings. The van der Waals surface area contributed by atoms with E-state index in [2.05, 4.69) is 10.3 Å². The molecule has 0 bridgehead atoms. The van der Waals surface area contributed by atoms with Crippen LogP contribution in [0, 0.1) is 11.3 Å². The molecule has 14 heavy (non-hydrogen) atoms. The zero-order valence-electron chi connectivity index (χ0n) is 8.20. The standard InChI is InChI=1S/C10H14N4/c1-8(12)2-4-13-9-3-5-14-10(6-9)7-11/h3,5-6,8H,2,4,12H2,1H3,(H,13,14). The predicted molar refractivity (Wildman–Crippen MR) is 55.7 cm³/mol. The third-order valence-corrected chi connectivity index (χ3v) is 1.80. The summed E-state index contributed by atoms with van der Waals surface area (Å²) in [5, 5.41) is 11.8. The van der Waals surface area contributed by atoms with Crippen molar-refractivity contribution in [3.63, 3.8) is 0 Å². The molecule has 0 aliphatic heterocycles. The molecule has 0 radical (unpaired) electrons. The Labute approximate surface area is 83.8 Å². The molecule has 0 fully saturated rings. The Bertz CT molecular complexity index is 327. The van der Waals surface area contributed by atoms with Gasteiger partial charge < -0.3 is 11.1 Å². The number of rotatable bonds is 4. The molecule has 0 aliphatic carbocycles. The van der Waals surface area contributed by atoms with Crippen molar-refractivity contribution in [3.05, 3.63) is 24.0 Å². The molecule has 1 rings (SSSR count). The normalized spacial score (nSPS) is 11.8. The van der Waals surface area contributed by atoms with Crippen LogP contribution in [0.15, 0.2) is 18.3 Å². The summed E-state index contributed by atoms with van der Waals surface area (Å²) in [5.41, 5.74) is 6.95. The van der Waals surface area contributed by atoms with Gasteiger partial charge in [-0.15, -0.1) is 0 Å². The van der Waals surface area contributed by atoms with Crippen LogP contribution in [0.25, 0.3) is 0 Å². The molecule has 4 nitrogen and oxygen atoms in total. The first kappa shape index (κ1) is 10.5. The van der Waals surface area contributed by atoms with Crippen molar-refractivity contribution in [3.8, 4) is 6.07 Å². The molecule has 1 unspecified atom stereocenters. The van der Waals surface area contributed by atoms with E-state index in [1.54, 1.807) is 12.3 Å². The Morgan fingerprint density at radius 2 is 2.50 bits per heavy atom. The topological polar surface area (TPSA) is 74.7 Å². The van der Waals surface area contributed by atoms with Crippen LogP contribution in [0.1, 0.15) is 19.0 Å². The molecular formula is C10H14N4. The van der Waals surface area contributed by atoms with E-state index < -0.39 is 0 Å². The Balaban J connectivity index is 2.47. The molecule has 3 N–H and O–H groups in total. The van der Waals surface area contributed by atoms with E-state index >= 15 is 0 Å². The molecule has 0 saturated heterocycles. The minimum absolute atomic E-state index is 0.194. The summed E-state index contributed by atoms with van der Waals surface area (Å²) in [6.07, 6.45) is 2.52. The largest absolute Gasteiger partial charge is 0.385 e. The second-order valence-corrected chi connectivity index (χ2v) is 3.23. The highest BCUT2D eigenvalue weighted by atomic mass is 14.9. The number of nitrogens with two attached hydrogens (primary N) is 1. The summed E-state index contributed by atoms with van der Waals surface area (Å²) in [6, 6.07) is 5.74. The van der Waals surface area contributed by atoms with Gasteiger partial charge in [-0.25, -0.2) is 4.98 Å². The second-order valence-electron chi connectivity index (χ2n) is 3.23. The van der Waals surface area contributed by atoms with Crippen LogP contribution < -0.4 is 11.1 Å². The van der Waals surface area contributed by atoms with E-state index in [-0.39, 0.29) is 6.04 Å². The summed E-state index contributed by atoms with van der Waals surface area (Å²) in [4.78, 5) is 3.88. The van der Waals surface area contributed by atoms with Gasteiger partial charge in [-0.1, -0.05) is 0 Å². The van der Waals surface area contributed by atoms with Gasteiger partial charge in [0, 0.05) is 24.5 Å². The molecule has 0 amide bonds. The van der Waals surface area contributed by atoms with Crippen molar-refractivity contribution in [2.45, 2.75) is 19.4 Å². The van der Waals surface area contributed by atoms with Crippen molar-refractivity contribution >= 4 is 5.69 Å². The van der Waals surface area contributed by atoms with Gasteiger partial charge in [0.25, 0.3) is 0 Å². The Morgan fingerprint density at radius 3 is 3.14 bits per heavy atom. The van der Waals surface area contributed by atoms with Crippen LogP contribution >= 0.6 is 0 Å². The third-order valence-electron chi connectivity index (χ3n) is 1.80. The fraction of sp³-hybridized carbons (Fsp3) is 0.400. The maximum atomic E-state index is 8.62. The number of anilines is 1. The summed E-state index contributed by atoms with van der Waals surface area (Å²) >= 11 is 0. The lowest BCUT2D eigenvalue weighted by Crippen LogP contribution is -2.19. The van der Waals surface area contributed by atoms with Crippen LogP contribution in [-0.2, 0) is 0 Å². The number of hydrogen-bond donors (Lipinski definition) is 2. The maximum Gasteiger partial charge on any atom is 0.142 e. The van der Waals surface area contributed by atoms with Gasteiger partial charge in [-0.3, -0.25) is 0 Å². The average Bonchev–Trinajstić information content (AvgIpc) is 2.18. The maximum absolute atomic E-state index is 8.62. The highest BCUT2D eigenvalue weighted by Gasteiger charge is 1.96. The first-order valence-corrected chi connectivity index (χ1v) is 4.58. The van der Waals surface area contributed by atoms with Gasteiger partial charge >= 0.3 is 0 Å². The molecule has 1 aromatic heterocycles. The Kier molecular flexibility index (Phi) is 3.89. The number of hydrogen-bond acceptors (Lipinski definition) is 4. The minimum Gasteiger partial charge on any atom is -0.385 e. The first-order chi connectivity index (χ1) is 6.72. The van der Waals surface area contributed by atoms with Crippen molar-refractivity contribution < 1.29 is 0 Å². The second kappa shape index (κ2) is 5.20. The van der Waals surface area contributed by atoms with Gasteiger partial charge in [0.1, 0.15) is 11.8 Å². The summed E-state index contributed by atoms with van der Waals surface area (Å²) in [7, 11) is 0. The third kappa shape index (κ3) is 3.42. The summed E-state index contributed by atoms with van der Waals surface area (Å²) in [5.74, 6) is 0. The van der Waals surface area contributed by atoms with Crippen LogP contribution in [0.2, 0.25) is 0 Å². The van der Waals surface area contributed by atoms with Crippen LogP contribution in [0.3, 0.4) is 0 Å². The lowest BCUT2D eigenvalue weighted by molar-refractivity contribution is 0.690. The number of aromatic nitrogens is 1. The van der Waals surface area contributed by atoms with Crippen LogP contribution in [0.4, 0.5) is 5.69 Å². The van der Waals surface area contributed by atoms with Crippen LogP contribution in [0.5, 0.6) is 0 Å². The molecule has 1 atom stereocenters. The Morgan fingerprint density at radius 1 is 1.71 bits per heavy atom. The van der Waals surface area contributed by atoms with Crippen molar-refractivity contribution in [1.29, 1.82) is 5.26 Å². The van der Waals surface area contributed by atoms with E-state index in [9.17, 15) is 0 Å². The van der Waals surface area contributed by atoms with Gasteiger partial charge in [0.15, 0.2) is 0 Å². The fourth-order valence-corrected chi connectivity index (χ4v) is 1.05. The fourth-order valence-electron chi connectivity index (χ4n) is 1.05. The van der Waals surface area contributed by atoms with E-state index in [4.69, 9.17) is 11.0 Å². The molecule has 0 aliphatic rings. The zero-order chi connectivity index (χ0) is 10.4. The van der Waals surface area contributed by atoms with E-state index in [1.165, 1.54) is 0 Å². The monoisotopic (exact) mass is 190 g/mol. The zero-order valence-corrected chi connectivity index (χ0v) is 8.20. The Hall–Kier alpha value is -1.60. The lowest BCUT2D eigenvalue weighted by atomic mass is 10.2. The highest BCUT2D eigenvalue weighted by Crippen LogP contribution is 2.06. The summed E-state index contributed by atoms with van der Waals surface area (Å²) in [6.45, 7) is 2.78. The molecule has 0 aromatic carbocycles. The molecule has 0 spiro atoms. The number of nitrogens with zero attached hydrogens (tertiary/aromatic N) is 2. The van der Waals surface area contributed by atoms with Gasteiger partial charge in [-0.2, -0.15) is 5.26 Å². The number of pyridine rings is 1. The predicted octanol–water partition coefficient (Wildman–Crippen LogP) is 1.10. The van der Waals surface area contributed by atoms with Crippen molar-refractivity contribution in [2.24, 2.45) is 5.73 Å². The molecule has 74 valence electrons. The molecule has 4 heteroatoms. The highest BCUT2D eigenvalue weighted by molar-refractivity contribution is 5.45. The number of nitrogens with one attached hydrogen (secondary N) is 1. The lowest BCUT2D eigenvalue weighted by Gasteiger charge is -2.07. The van der Waals surface area contributed by atoms with E-state index in [1.807, 2.05) is 19.1 Å². The van der Waals surface area contributed by atoms with E-state index in [0.717, 1.165) is 18.7 Å². The van der Waals surface area contributed by atoms with Crippen molar-refractivity contribution in [2.75, 3.05) is 11.9 Å².